The second kappa shape index (κ2) is 7.67. The van der Waals surface area contributed by atoms with Gasteiger partial charge in [-0.3, -0.25) is 9.52 Å². The van der Waals surface area contributed by atoms with Crippen LogP contribution in [0.25, 0.3) is 0 Å². The number of nitrogens with one attached hydrogen (secondary N) is 1. The van der Waals surface area contributed by atoms with Crippen molar-refractivity contribution in [3.63, 3.8) is 0 Å². The zero-order chi connectivity index (χ0) is 21.4. The van der Waals surface area contributed by atoms with Crippen LogP contribution in [0, 0.1) is 17.2 Å². The molecule has 1 aliphatic heterocycles. The van der Waals surface area contributed by atoms with Gasteiger partial charge in [0.2, 0.25) is 5.91 Å². The first-order chi connectivity index (χ1) is 13.5. The molecule has 1 amide bonds. The molecule has 0 aromatic heterocycles. The molecule has 0 saturated carbocycles. The van der Waals surface area contributed by atoms with Crippen LogP contribution in [-0.4, -0.2) is 27.5 Å². The van der Waals surface area contributed by atoms with Gasteiger partial charge in [0.1, 0.15) is 18.2 Å². The Balaban J connectivity index is 1.99. The Morgan fingerprint density at radius 2 is 1.83 bits per heavy atom. The molecule has 8 heteroatoms. The number of hydrogen-bond donors (Lipinski definition) is 1. The molecule has 0 unspecified atom stereocenters. The van der Waals surface area contributed by atoms with Gasteiger partial charge < -0.3 is 9.64 Å². The van der Waals surface area contributed by atoms with Gasteiger partial charge in [0.05, 0.1) is 21.7 Å². The lowest BCUT2D eigenvalue weighted by molar-refractivity contribution is -0.127. The zero-order valence-electron chi connectivity index (χ0n) is 16.9. The smallest absolute Gasteiger partial charge is 0.261 e. The van der Waals surface area contributed by atoms with E-state index in [2.05, 4.69) is 4.72 Å². The number of anilines is 2. The van der Waals surface area contributed by atoms with E-state index < -0.39 is 21.3 Å². The predicted octanol–water partition coefficient (Wildman–Crippen LogP) is 4.03. The minimum Gasteiger partial charge on any atom is -0.490 e. The van der Waals surface area contributed by atoms with E-state index in [1.807, 2.05) is 27.7 Å². The van der Waals surface area contributed by atoms with Gasteiger partial charge in [0.25, 0.3) is 10.0 Å². The average molecular weight is 421 g/mol. The highest BCUT2D eigenvalue weighted by molar-refractivity contribution is 7.92. The minimum atomic E-state index is -3.90. The third-order valence-electron chi connectivity index (χ3n) is 4.59. The number of benzene rings is 2. The van der Waals surface area contributed by atoms with Gasteiger partial charge in [-0.2, -0.15) is 0 Å². The summed E-state index contributed by atoms with van der Waals surface area (Å²) in [7, 11) is -3.90. The summed E-state index contributed by atoms with van der Waals surface area (Å²) in [5.41, 5.74) is 0.105. The molecule has 1 aliphatic rings. The molecule has 0 saturated heterocycles. The molecule has 1 N–H and O–H groups in total. The standard InChI is InChI=1S/C21H25FN2O4S/c1-14(2)12-24-18-11-16(7-10-19(18)28-13-21(3,4)20(24)25)23-29(26,27)17-8-5-15(22)6-9-17/h5-11,14,23H,12-13H2,1-4H3. The Bertz CT molecular complexity index is 1020. The average Bonchev–Trinajstić information content (AvgIpc) is 2.72. The van der Waals surface area contributed by atoms with Crippen molar-refractivity contribution in [3.05, 3.63) is 48.3 Å². The van der Waals surface area contributed by atoms with E-state index in [0.717, 1.165) is 12.1 Å². The number of nitrogens with zero attached hydrogens (tertiary/aromatic N) is 1. The second-order valence-electron chi connectivity index (χ2n) is 8.22. The van der Waals surface area contributed by atoms with Crippen molar-refractivity contribution < 1.29 is 22.3 Å². The maximum Gasteiger partial charge on any atom is 0.261 e. The van der Waals surface area contributed by atoms with Gasteiger partial charge in [-0.1, -0.05) is 13.8 Å². The van der Waals surface area contributed by atoms with E-state index >= 15 is 0 Å². The van der Waals surface area contributed by atoms with Crippen LogP contribution in [-0.2, 0) is 14.8 Å². The maximum atomic E-state index is 13.1. The molecule has 0 radical (unpaired) electrons. The van der Waals surface area contributed by atoms with Gasteiger partial charge in [0.15, 0.2) is 0 Å². The Hall–Kier alpha value is -2.61. The SMILES string of the molecule is CC(C)CN1C(=O)C(C)(C)COc2ccc(NS(=O)(=O)c3ccc(F)cc3)cc21. The Morgan fingerprint density at radius 1 is 1.17 bits per heavy atom. The number of carbonyl (C=O) groups excluding carboxylic acids is 1. The number of rotatable bonds is 5. The lowest BCUT2D eigenvalue weighted by Gasteiger charge is -2.29. The summed E-state index contributed by atoms with van der Waals surface area (Å²) in [6.45, 7) is 8.37. The van der Waals surface area contributed by atoms with Crippen molar-refractivity contribution >= 4 is 27.3 Å². The molecule has 1 heterocycles. The molecule has 2 aromatic rings. The molecule has 0 spiro atoms. The molecule has 0 aliphatic carbocycles. The molecule has 6 nitrogen and oxygen atoms in total. The van der Waals surface area contributed by atoms with Gasteiger partial charge in [-0.15, -0.1) is 0 Å². The Labute approximate surface area is 170 Å². The van der Waals surface area contributed by atoms with Gasteiger partial charge in [0, 0.05) is 6.54 Å². The molecule has 156 valence electrons. The first-order valence-electron chi connectivity index (χ1n) is 9.37. The Morgan fingerprint density at radius 3 is 2.45 bits per heavy atom. The summed E-state index contributed by atoms with van der Waals surface area (Å²) < 4.78 is 46.7. The number of carbonyl (C=O) groups is 1. The predicted molar refractivity (Wildman–Crippen MR) is 110 cm³/mol. The molecule has 29 heavy (non-hydrogen) atoms. The fourth-order valence-corrected chi connectivity index (χ4v) is 4.13. The van der Waals surface area contributed by atoms with E-state index in [1.54, 1.807) is 23.1 Å². The van der Waals surface area contributed by atoms with Crippen molar-refractivity contribution in [2.45, 2.75) is 32.6 Å². The van der Waals surface area contributed by atoms with Crippen LogP contribution in [0.5, 0.6) is 5.75 Å². The van der Waals surface area contributed by atoms with Crippen molar-refractivity contribution in [2.24, 2.45) is 11.3 Å². The van der Waals surface area contributed by atoms with Gasteiger partial charge in [-0.25, -0.2) is 12.8 Å². The summed E-state index contributed by atoms with van der Waals surface area (Å²) in [6, 6.07) is 9.39. The highest BCUT2D eigenvalue weighted by atomic mass is 32.2. The number of halogens is 1. The molecule has 0 atom stereocenters. The van der Waals surface area contributed by atoms with Crippen molar-refractivity contribution in [3.8, 4) is 5.75 Å². The van der Waals surface area contributed by atoms with Gasteiger partial charge >= 0.3 is 0 Å². The van der Waals surface area contributed by atoms with E-state index in [9.17, 15) is 17.6 Å². The largest absolute Gasteiger partial charge is 0.490 e. The lowest BCUT2D eigenvalue weighted by atomic mass is 9.92. The third kappa shape index (κ3) is 4.53. The quantitative estimate of drug-likeness (QED) is 0.792. The number of sulfonamides is 1. The fourth-order valence-electron chi connectivity index (χ4n) is 3.08. The second-order valence-corrected chi connectivity index (χ2v) is 9.91. The van der Waals surface area contributed by atoms with Crippen molar-refractivity contribution in [2.75, 3.05) is 22.8 Å². The van der Waals surface area contributed by atoms with Crippen LogP contribution in [0.15, 0.2) is 47.4 Å². The van der Waals surface area contributed by atoms with Crippen LogP contribution in [0.1, 0.15) is 27.7 Å². The zero-order valence-corrected chi connectivity index (χ0v) is 17.7. The minimum absolute atomic E-state index is 0.0543. The van der Waals surface area contributed by atoms with Crippen molar-refractivity contribution in [1.82, 2.24) is 0 Å². The summed E-state index contributed by atoms with van der Waals surface area (Å²) in [5, 5.41) is 0. The molecule has 3 rings (SSSR count). The molecular formula is C21H25FN2O4S. The van der Waals surface area contributed by atoms with Crippen LogP contribution in [0.4, 0.5) is 15.8 Å². The van der Waals surface area contributed by atoms with E-state index in [0.29, 0.717) is 18.0 Å². The van der Waals surface area contributed by atoms with E-state index in [-0.39, 0.29) is 29.0 Å². The van der Waals surface area contributed by atoms with Crippen LogP contribution < -0.4 is 14.4 Å². The molecule has 2 aromatic carbocycles. The Kier molecular flexibility index (Phi) is 5.58. The normalized spacial score (nSPS) is 16.2. The topological polar surface area (TPSA) is 75.7 Å². The van der Waals surface area contributed by atoms with E-state index in [1.165, 1.54) is 12.1 Å². The first kappa shape index (κ1) is 21.1. The monoisotopic (exact) mass is 420 g/mol. The summed E-state index contributed by atoms with van der Waals surface area (Å²) in [4.78, 5) is 14.7. The number of ether oxygens (including phenoxy) is 1. The summed E-state index contributed by atoms with van der Waals surface area (Å²) in [5.74, 6) is 0.134. The summed E-state index contributed by atoms with van der Waals surface area (Å²) >= 11 is 0. The van der Waals surface area contributed by atoms with E-state index in [4.69, 9.17) is 4.74 Å². The third-order valence-corrected chi connectivity index (χ3v) is 5.98. The lowest BCUT2D eigenvalue weighted by Crippen LogP contribution is -2.43. The first-order valence-corrected chi connectivity index (χ1v) is 10.8. The van der Waals surface area contributed by atoms with Gasteiger partial charge in [-0.05, 0) is 62.2 Å². The maximum absolute atomic E-state index is 13.1. The highest BCUT2D eigenvalue weighted by Crippen LogP contribution is 2.39. The van der Waals surface area contributed by atoms with Crippen LogP contribution in [0.2, 0.25) is 0 Å². The molecule has 0 fully saturated rings. The van der Waals surface area contributed by atoms with Crippen LogP contribution >= 0.6 is 0 Å². The summed E-state index contributed by atoms with van der Waals surface area (Å²) in [6.07, 6.45) is 0. The van der Waals surface area contributed by atoms with Crippen molar-refractivity contribution in [1.29, 1.82) is 0 Å². The molecular weight excluding hydrogens is 395 g/mol. The number of amides is 1. The number of hydrogen-bond acceptors (Lipinski definition) is 4. The number of fused-ring (bicyclic) bond motifs is 1. The highest BCUT2D eigenvalue weighted by Gasteiger charge is 2.38. The fraction of sp³-hybridized carbons (Fsp3) is 0.381. The molecule has 0 bridgehead atoms. The van der Waals surface area contributed by atoms with Crippen LogP contribution in [0.3, 0.4) is 0 Å².